The van der Waals surface area contributed by atoms with Gasteiger partial charge in [-0.3, -0.25) is 0 Å². The zero-order chi connectivity index (χ0) is 16.1. The molecule has 1 unspecified atom stereocenters. The molecule has 2 rings (SSSR count). The van der Waals surface area contributed by atoms with E-state index in [-0.39, 0.29) is 0 Å². The summed E-state index contributed by atoms with van der Waals surface area (Å²) in [4.78, 5) is 2.18. The smallest absolute Gasteiger partial charge is 0.126 e. The van der Waals surface area contributed by atoms with E-state index < -0.39 is 0 Å². The number of hydrogen-bond donors (Lipinski definition) is 1. The molecule has 3 heteroatoms. The molecule has 1 atom stereocenters. The molecule has 0 saturated carbocycles. The quantitative estimate of drug-likeness (QED) is 0.880. The van der Waals surface area contributed by atoms with Crippen molar-refractivity contribution in [3.8, 4) is 16.9 Å². The second-order valence-corrected chi connectivity index (χ2v) is 5.91. The number of nitrogens with zero attached hydrogens (tertiary/aromatic N) is 1. The SMILES string of the molecule is CNC(C)c1ccc(OC)c(-c2cccc(CN(C)C)c2)c1. The third-order valence-corrected chi connectivity index (χ3v) is 3.89. The first-order chi connectivity index (χ1) is 10.5. The summed E-state index contributed by atoms with van der Waals surface area (Å²) in [5, 5.41) is 3.29. The largest absolute Gasteiger partial charge is 0.496 e. The molecule has 0 bridgehead atoms. The summed E-state index contributed by atoms with van der Waals surface area (Å²) >= 11 is 0. The molecule has 3 nitrogen and oxygen atoms in total. The Bertz CT molecular complexity index is 623. The topological polar surface area (TPSA) is 24.5 Å². The zero-order valence-corrected chi connectivity index (χ0v) is 14.2. The van der Waals surface area contributed by atoms with E-state index in [0.29, 0.717) is 6.04 Å². The van der Waals surface area contributed by atoms with E-state index in [1.807, 2.05) is 7.05 Å². The van der Waals surface area contributed by atoms with Crippen LogP contribution in [0.1, 0.15) is 24.1 Å². The van der Waals surface area contributed by atoms with Crippen LogP contribution in [0.3, 0.4) is 0 Å². The van der Waals surface area contributed by atoms with Crippen LogP contribution >= 0.6 is 0 Å². The fourth-order valence-corrected chi connectivity index (χ4v) is 2.59. The molecule has 0 amide bonds. The van der Waals surface area contributed by atoms with Crippen LogP contribution in [-0.2, 0) is 6.54 Å². The van der Waals surface area contributed by atoms with Crippen LogP contribution in [0.5, 0.6) is 5.75 Å². The lowest BCUT2D eigenvalue weighted by Gasteiger charge is -2.16. The molecule has 0 saturated heterocycles. The van der Waals surface area contributed by atoms with Crippen LogP contribution < -0.4 is 10.1 Å². The van der Waals surface area contributed by atoms with Gasteiger partial charge in [-0.15, -0.1) is 0 Å². The van der Waals surface area contributed by atoms with E-state index in [9.17, 15) is 0 Å². The van der Waals surface area contributed by atoms with Crippen LogP contribution in [0.4, 0.5) is 0 Å². The van der Waals surface area contributed by atoms with Gasteiger partial charge in [0.15, 0.2) is 0 Å². The van der Waals surface area contributed by atoms with Crippen LogP contribution in [0.15, 0.2) is 42.5 Å². The lowest BCUT2D eigenvalue weighted by atomic mass is 9.97. The number of rotatable bonds is 6. The lowest BCUT2D eigenvalue weighted by Crippen LogP contribution is -2.12. The fraction of sp³-hybridized carbons (Fsp3) is 0.368. The molecule has 0 radical (unpaired) electrons. The molecule has 0 aliphatic carbocycles. The monoisotopic (exact) mass is 298 g/mol. The number of benzene rings is 2. The van der Waals surface area contributed by atoms with Crippen molar-refractivity contribution in [3.05, 3.63) is 53.6 Å². The van der Waals surface area contributed by atoms with Gasteiger partial charge >= 0.3 is 0 Å². The summed E-state index contributed by atoms with van der Waals surface area (Å²) in [6, 6.07) is 15.4. The number of methoxy groups -OCH3 is 1. The van der Waals surface area contributed by atoms with Gasteiger partial charge in [-0.05, 0) is 63.0 Å². The molecule has 2 aromatic rings. The van der Waals surface area contributed by atoms with Crippen molar-refractivity contribution in [1.82, 2.24) is 10.2 Å². The van der Waals surface area contributed by atoms with Gasteiger partial charge in [-0.25, -0.2) is 0 Å². The molecular weight excluding hydrogens is 272 g/mol. The summed E-state index contributed by atoms with van der Waals surface area (Å²) in [6.45, 7) is 3.09. The highest BCUT2D eigenvalue weighted by molar-refractivity contribution is 5.72. The van der Waals surface area contributed by atoms with E-state index in [2.05, 4.69) is 73.7 Å². The predicted octanol–water partition coefficient (Wildman–Crippen LogP) is 3.70. The Hall–Kier alpha value is -1.84. The van der Waals surface area contributed by atoms with Gasteiger partial charge in [0.25, 0.3) is 0 Å². The standard InChI is InChI=1S/C19H26N2O/c1-14(20-2)16-9-10-19(22-5)18(12-16)17-8-6-7-15(11-17)13-21(3)4/h6-12,14,20H,13H2,1-5H3. The van der Waals surface area contributed by atoms with Gasteiger partial charge in [0.05, 0.1) is 7.11 Å². The maximum absolute atomic E-state index is 5.56. The minimum atomic E-state index is 0.314. The zero-order valence-electron chi connectivity index (χ0n) is 14.2. The Morgan fingerprint density at radius 1 is 1.14 bits per heavy atom. The average Bonchev–Trinajstić information content (AvgIpc) is 2.53. The van der Waals surface area contributed by atoms with E-state index in [0.717, 1.165) is 17.9 Å². The molecule has 0 heterocycles. The normalized spacial score (nSPS) is 12.5. The predicted molar refractivity (Wildman–Crippen MR) is 93.3 cm³/mol. The minimum Gasteiger partial charge on any atom is -0.496 e. The van der Waals surface area contributed by atoms with Crippen molar-refractivity contribution in [3.63, 3.8) is 0 Å². The van der Waals surface area contributed by atoms with Gasteiger partial charge in [0.2, 0.25) is 0 Å². The van der Waals surface area contributed by atoms with Crippen LogP contribution in [0.2, 0.25) is 0 Å². The number of hydrogen-bond acceptors (Lipinski definition) is 3. The average molecular weight is 298 g/mol. The van der Waals surface area contributed by atoms with Gasteiger partial charge in [-0.1, -0.05) is 24.3 Å². The summed E-state index contributed by atoms with van der Waals surface area (Å²) < 4.78 is 5.56. The van der Waals surface area contributed by atoms with E-state index in [1.54, 1.807) is 7.11 Å². The molecule has 0 aliphatic rings. The first-order valence-electron chi connectivity index (χ1n) is 7.64. The molecule has 0 aromatic heterocycles. The van der Waals surface area contributed by atoms with Crippen molar-refractivity contribution >= 4 is 0 Å². The summed E-state index contributed by atoms with van der Waals surface area (Å²) in [6.07, 6.45) is 0. The lowest BCUT2D eigenvalue weighted by molar-refractivity contribution is 0.402. The molecule has 22 heavy (non-hydrogen) atoms. The Labute approximate surface area is 133 Å². The van der Waals surface area contributed by atoms with Crippen molar-refractivity contribution in [2.24, 2.45) is 0 Å². The van der Waals surface area contributed by atoms with Crippen molar-refractivity contribution < 1.29 is 4.74 Å². The summed E-state index contributed by atoms with van der Waals surface area (Å²) in [7, 11) is 7.88. The highest BCUT2D eigenvalue weighted by Crippen LogP contribution is 2.33. The third-order valence-electron chi connectivity index (χ3n) is 3.89. The van der Waals surface area contributed by atoms with Gasteiger partial charge < -0.3 is 15.0 Å². The Morgan fingerprint density at radius 3 is 2.55 bits per heavy atom. The Balaban J connectivity index is 2.45. The van der Waals surface area contributed by atoms with E-state index >= 15 is 0 Å². The summed E-state index contributed by atoms with van der Waals surface area (Å²) in [5.41, 5.74) is 4.90. The first kappa shape index (κ1) is 16.5. The molecule has 0 fully saturated rings. The number of nitrogens with one attached hydrogen (secondary N) is 1. The van der Waals surface area contributed by atoms with E-state index in [4.69, 9.17) is 4.74 Å². The van der Waals surface area contributed by atoms with Gasteiger partial charge in [0.1, 0.15) is 5.75 Å². The molecular formula is C19H26N2O. The van der Waals surface area contributed by atoms with Crippen LogP contribution in [0, 0.1) is 0 Å². The minimum absolute atomic E-state index is 0.314. The maximum Gasteiger partial charge on any atom is 0.126 e. The maximum atomic E-state index is 5.56. The molecule has 0 spiro atoms. The highest BCUT2D eigenvalue weighted by atomic mass is 16.5. The highest BCUT2D eigenvalue weighted by Gasteiger charge is 2.11. The molecule has 1 N–H and O–H groups in total. The second kappa shape index (κ2) is 7.43. The summed E-state index contributed by atoms with van der Waals surface area (Å²) in [5.74, 6) is 0.911. The Morgan fingerprint density at radius 2 is 1.91 bits per heavy atom. The molecule has 0 aliphatic heterocycles. The second-order valence-electron chi connectivity index (χ2n) is 5.91. The van der Waals surface area contributed by atoms with Crippen LogP contribution in [0.25, 0.3) is 11.1 Å². The number of ether oxygens (including phenoxy) is 1. The van der Waals surface area contributed by atoms with Crippen molar-refractivity contribution in [1.29, 1.82) is 0 Å². The fourth-order valence-electron chi connectivity index (χ4n) is 2.59. The third kappa shape index (κ3) is 3.87. The van der Waals surface area contributed by atoms with E-state index in [1.165, 1.54) is 16.7 Å². The molecule has 2 aromatic carbocycles. The van der Waals surface area contributed by atoms with Crippen molar-refractivity contribution in [2.75, 3.05) is 28.3 Å². The van der Waals surface area contributed by atoms with Gasteiger partial charge in [-0.2, -0.15) is 0 Å². The van der Waals surface area contributed by atoms with Gasteiger partial charge in [0, 0.05) is 18.2 Å². The Kier molecular flexibility index (Phi) is 5.58. The van der Waals surface area contributed by atoms with Crippen LogP contribution in [-0.4, -0.2) is 33.2 Å². The van der Waals surface area contributed by atoms with Crippen molar-refractivity contribution in [2.45, 2.75) is 19.5 Å². The first-order valence-corrected chi connectivity index (χ1v) is 7.64. The molecule has 118 valence electrons.